The summed E-state index contributed by atoms with van der Waals surface area (Å²) in [5.74, 6) is -0.764. The number of hydrogen-bond acceptors (Lipinski definition) is 9. The lowest BCUT2D eigenvalue weighted by Gasteiger charge is -2.14. The molecule has 0 amide bonds. The Balaban J connectivity index is 1.68. The zero-order chi connectivity index (χ0) is 25.8. The Morgan fingerprint density at radius 1 is 0.806 bits per heavy atom. The number of nitro groups is 1. The van der Waals surface area contributed by atoms with Crippen LogP contribution in [0.3, 0.4) is 0 Å². The standard InChI is InChI=1S/C26H29NO9/c1-31-9-10-33-11-12-34-13-14-35-24-17-23(27(29)30)25(16-22(24)26(28)32-2)36-18-19-7-8-20-5-3-4-6-21(20)15-19/h3-8,15-17H,9-14,18H2,1-2H3. The van der Waals surface area contributed by atoms with Crippen LogP contribution < -0.4 is 9.47 Å². The molecular formula is C26H29NO9. The molecule has 0 saturated heterocycles. The summed E-state index contributed by atoms with van der Waals surface area (Å²) in [4.78, 5) is 23.5. The predicted octanol–water partition coefficient (Wildman–Crippen LogP) is 4.17. The highest BCUT2D eigenvalue weighted by atomic mass is 16.6. The van der Waals surface area contributed by atoms with Gasteiger partial charge in [0.2, 0.25) is 0 Å². The minimum Gasteiger partial charge on any atom is -0.490 e. The highest BCUT2D eigenvalue weighted by Crippen LogP contribution is 2.36. The Hall–Kier alpha value is -3.73. The molecule has 0 atom stereocenters. The van der Waals surface area contributed by atoms with Crippen molar-refractivity contribution < 1.29 is 38.1 Å². The number of rotatable bonds is 15. The van der Waals surface area contributed by atoms with Gasteiger partial charge in [-0.3, -0.25) is 10.1 Å². The number of hydrogen-bond donors (Lipinski definition) is 0. The summed E-state index contributed by atoms with van der Waals surface area (Å²) in [5.41, 5.74) is 0.511. The minimum absolute atomic E-state index is 0.00606. The van der Waals surface area contributed by atoms with Crippen molar-refractivity contribution in [3.8, 4) is 11.5 Å². The van der Waals surface area contributed by atoms with E-state index in [0.717, 1.165) is 22.4 Å². The highest BCUT2D eigenvalue weighted by molar-refractivity contribution is 5.93. The third kappa shape index (κ3) is 7.64. The average Bonchev–Trinajstić information content (AvgIpc) is 2.90. The first-order chi connectivity index (χ1) is 17.5. The summed E-state index contributed by atoms with van der Waals surface area (Å²) in [7, 11) is 2.81. The Morgan fingerprint density at radius 2 is 1.50 bits per heavy atom. The van der Waals surface area contributed by atoms with E-state index >= 15 is 0 Å². The van der Waals surface area contributed by atoms with Crippen LogP contribution in [0.15, 0.2) is 54.6 Å². The molecule has 0 unspecified atom stereocenters. The van der Waals surface area contributed by atoms with E-state index in [9.17, 15) is 14.9 Å². The van der Waals surface area contributed by atoms with Crippen LogP contribution in [0.4, 0.5) is 5.69 Å². The van der Waals surface area contributed by atoms with E-state index < -0.39 is 10.9 Å². The number of methoxy groups -OCH3 is 2. The summed E-state index contributed by atoms with van der Waals surface area (Å²) in [6, 6.07) is 16.1. The fourth-order valence-electron chi connectivity index (χ4n) is 3.36. The quantitative estimate of drug-likeness (QED) is 0.131. The molecule has 3 aromatic rings. The highest BCUT2D eigenvalue weighted by Gasteiger charge is 2.24. The maximum Gasteiger partial charge on any atom is 0.341 e. The van der Waals surface area contributed by atoms with Crippen molar-refractivity contribution in [1.82, 2.24) is 0 Å². The Kier molecular flexibility index (Phi) is 10.4. The van der Waals surface area contributed by atoms with Crippen LogP contribution >= 0.6 is 0 Å². The zero-order valence-corrected chi connectivity index (χ0v) is 20.3. The van der Waals surface area contributed by atoms with Gasteiger partial charge in [-0.2, -0.15) is 0 Å². The van der Waals surface area contributed by atoms with Gasteiger partial charge >= 0.3 is 11.7 Å². The van der Waals surface area contributed by atoms with E-state index in [-0.39, 0.29) is 42.6 Å². The van der Waals surface area contributed by atoms with Crippen LogP contribution in [-0.4, -0.2) is 64.8 Å². The van der Waals surface area contributed by atoms with Crippen molar-refractivity contribution in [2.45, 2.75) is 6.61 Å². The number of nitro benzene ring substituents is 1. The van der Waals surface area contributed by atoms with Gasteiger partial charge in [0.25, 0.3) is 0 Å². The molecule has 0 heterocycles. The molecule has 0 radical (unpaired) electrons. The van der Waals surface area contributed by atoms with Gasteiger partial charge in [-0.25, -0.2) is 4.79 Å². The monoisotopic (exact) mass is 499 g/mol. The Bertz CT molecular complexity index is 1170. The van der Waals surface area contributed by atoms with E-state index in [1.807, 2.05) is 42.5 Å². The van der Waals surface area contributed by atoms with Crippen molar-refractivity contribution in [3.63, 3.8) is 0 Å². The van der Waals surface area contributed by atoms with E-state index in [4.69, 9.17) is 28.4 Å². The van der Waals surface area contributed by atoms with Crippen molar-refractivity contribution in [3.05, 3.63) is 75.8 Å². The largest absolute Gasteiger partial charge is 0.490 e. The van der Waals surface area contributed by atoms with Gasteiger partial charge in [-0.1, -0.05) is 36.4 Å². The van der Waals surface area contributed by atoms with E-state index in [1.54, 1.807) is 7.11 Å². The molecule has 10 nitrogen and oxygen atoms in total. The number of esters is 1. The first-order valence-electron chi connectivity index (χ1n) is 11.3. The van der Waals surface area contributed by atoms with Crippen molar-refractivity contribution in [1.29, 1.82) is 0 Å². The topological polar surface area (TPSA) is 116 Å². The van der Waals surface area contributed by atoms with Crippen LogP contribution in [0.25, 0.3) is 10.8 Å². The summed E-state index contributed by atoms with van der Waals surface area (Å²) in [6.07, 6.45) is 0. The number of fused-ring (bicyclic) bond motifs is 1. The number of ether oxygens (including phenoxy) is 6. The predicted molar refractivity (Wildman–Crippen MR) is 132 cm³/mol. The van der Waals surface area contributed by atoms with Gasteiger partial charge in [0.1, 0.15) is 24.5 Å². The molecule has 0 aliphatic rings. The lowest BCUT2D eigenvalue weighted by atomic mass is 10.1. The van der Waals surface area contributed by atoms with Crippen molar-refractivity contribution >= 4 is 22.4 Å². The molecule has 0 N–H and O–H groups in total. The SMILES string of the molecule is COCCOCCOCCOc1cc([N+](=O)[O-])c(OCc2ccc3ccccc3c2)cc1C(=O)OC. The second-order valence-corrected chi connectivity index (χ2v) is 7.60. The zero-order valence-electron chi connectivity index (χ0n) is 20.3. The third-order valence-corrected chi connectivity index (χ3v) is 5.16. The summed E-state index contributed by atoms with van der Waals surface area (Å²) in [5, 5.41) is 13.8. The van der Waals surface area contributed by atoms with Crippen LogP contribution in [0, 0.1) is 10.1 Å². The number of carbonyl (C=O) groups excluding carboxylic acids is 1. The summed E-state index contributed by atoms with van der Waals surface area (Å²) < 4.78 is 31.8. The summed E-state index contributed by atoms with van der Waals surface area (Å²) >= 11 is 0. The first-order valence-corrected chi connectivity index (χ1v) is 11.3. The van der Waals surface area contributed by atoms with Crippen molar-refractivity contribution in [2.24, 2.45) is 0 Å². The van der Waals surface area contributed by atoms with Crippen LogP contribution in [-0.2, 0) is 25.6 Å². The van der Waals surface area contributed by atoms with Crippen molar-refractivity contribution in [2.75, 3.05) is 53.9 Å². The van der Waals surface area contributed by atoms with E-state index in [2.05, 4.69) is 0 Å². The van der Waals surface area contributed by atoms with Gasteiger partial charge in [-0.15, -0.1) is 0 Å². The smallest absolute Gasteiger partial charge is 0.341 e. The fraction of sp³-hybridized carbons (Fsp3) is 0.346. The number of benzene rings is 3. The molecule has 3 rings (SSSR count). The second-order valence-electron chi connectivity index (χ2n) is 7.60. The molecule has 36 heavy (non-hydrogen) atoms. The van der Waals surface area contributed by atoms with Gasteiger partial charge < -0.3 is 28.4 Å². The Labute approximate surface area is 208 Å². The number of carbonyl (C=O) groups is 1. The fourth-order valence-corrected chi connectivity index (χ4v) is 3.36. The maximum absolute atomic E-state index is 12.4. The van der Waals surface area contributed by atoms with Gasteiger partial charge in [-0.05, 0) is 22.4 Å². The van der Waals surface area contributed by atoms with E-state index in [1.165, 1.54) is 13.2 Å². The van der Waals surface area contributed by atoms with Gasteiger partial charge in [0, 0.05) is 13.2 Å². The molecule has 0 bridgehead atoms. The minimum atomic E-state index is -0.706. The molecule has 0 saturated carbocycles. The molecule has 0 aliphatic heterocycles. The molecule has 0 aliphatic carbocycles. The Morgan fingerprint density at radius 3 is 2.19 bits per heavy atom. The van der Waals surface area contributed by atoms with Gasteiger partial charge in [0.15, 0.2) is 5.75 Å². The number of nitrogens with zero attached hydrogens (tertiary/aromatic N) is 1. The molecule has 0 spiro atoms. The normalized spacial score (nSPS) is 10.8. The first kappa shape index (κ1) is 26.9. The molecule has 192 valence electrons. The summed E-state index contributed by atoms with van der Waals surface area (Å²) in [6.45, 7) is 2.05. The van der Waals surface area contributed by atoms with Crippen LogP contribution in [0.2, 0.25) is 0 Å². The third-order valence-electron chi connectivity index (χ3n) is 5.16. The lowest BCUT2D eigenvalue weighted by Crippen LogP contribution is -2.14. The van der Waals surface area contributed by atoms with Crippen LogP contribution in [0.5, 0.6) is 11.5 Å². The molecule has 0 fully saturated rings. The lowest BCUT2D eigenvalue weighted by molar-refractivity contribution is -0.386. The second kappa shape index (κ2) is 14.0. The van der Waals surface area contributed by atoms with Gasteiger partial charge in [0.05, 0.1) is 51.1 Å². The maximum atomic E-state index is 12.4. The molecule has 0 aromatic heterocycles. The molecular weight excluding hydrogens is 470 g/mol. The molecule has 3 aromatic carbocycles. The molecule has 10 heteroatoms. The van der Waals surface area contributed by atoms with Crippen LogP contribution in [0.1, 0.15) is 15.9 Å². The van der Waals surface area contributed by atoms with E-state index in [0.29, 0.717) is 26.4 Å². The average molecular weight is 500 g/mol.